The van der Waals surface area contributed by atoms with Crippen molar-refractivity contribution in [3.63, 3.8) is 0 Å². The Morgan fingerprint density at radius 3 is 2.61 bits per heavy atom. The Morgan fingerprint density at radius 2 is 1.94 bits per heavy atom. The number of hydrogen-bond donors (Lipinski definition) is 1. The third kappa shape index (κ3) is 3.71. The van der Waals surface area contributed by atoms with E-state index in [-0.39, 0.29) is 0 Å². The topological polar surface area (TPSA) is 37.8 Å². The van der Waals surface area contributed by atoms with Gasteiger partial charge in [0.1, 0.15) is 16.7 Å². The van der Waals surface area contributed by atoms with E-state index < -0.39 is 0 Å². The van der Waals surface area contributed by atoms with Crippen LogP contribution in [0, 0.1) is 6.92 Å². The van der Waals surface area contributed by atoms with E-state index >= 15 is 0 Å². The van der Waals surface area contributed by atoms with Gasteiger partial charge >= 0.3 is 0 Å². The van der Waals surface area contributed by atoms with Crippen LogP contribution in [-0.4, -0.2) is 16.5 Å². The minimum atomic E-state index is 0.785. The zero-order valence-corrected chi connectivity index (χ0v) is 12.7. The molecule has 0 saturated carbocycles. The second-order valence-corrected chi connectivity index (χ2v) is 5.73. The predicted molar refractivity (Wildman–Crippen MR) is 79.2 cm³/mol. The van der Waals surface area contributed by atoms with Gasteiger partial charge in [0.05, 0.1) is 0 Å². The predicted octanol–water partition coefficient (Wildman–Crippen LogP) is 4.13. The van der Waals surface area contributed by atoms with Crippen LogP contribution < -0.4 is 5.32 Å². The van der Waals surface area contributed by atoms with Gasteiger partial charge in [0, 0.05) is 22.0 Å². The van der Waals surface area contributed by atoms with Crippen molar-refractivity contribution >= 4 is 33.5 Å². The van der Waals surface area contributed by atoms with E-state index in [4.69, 9.17) is 0 Å². The Bertz CT molecular complexity index is 528. The van der Waals surface area contributed by atoms with Gasteiger partial charge in [-0.3, -0.25) is 0 Å². The normalized spacial score (nSPS) is 10.4. The average Bonchev–Trinajstić information content (AvgIpc) is 2.32. The van der Waals surface area contributed by atoms with E-state index in [9.17, 15) is 0 Å². The van der Waals surface area contributed by atoms with Crippen LogP contribution in [0.1, 0.15) is 12.7 Å². The number of aromatic nitrogens is 2. The molecule has 0 spiro atoms. The first-order valence-electron chi connectivity index (χ1n) is 5.70. The zero-order chi connectivity index (χ0) is 13.0. The highest BCUT2D eigenvalue weighted by Gasteiger charge is 2.03. The Balaban J connectivity index is 2.20. The Morgan fingerprint density at radius 1 is 1.22 bits per heavy atom. The minimum absolute atomic E-state index is 0.785. The molecule has 0 aliphatic carbocycles. The molecule has 3 nitrogen and oxygen atoms in total. The summed E-state index contributed by atoms with van der Waals surface area (Å²) in [6.07, 6.45) is 0. The number of anilines is 1. The van der Waals surface area contributed by atoms with Crippen LogP contribution in [-0.2, 0) is 0 Å². The van der Waals surface area contributed by atoms with E-state index in [0.29, 0.717) is 0 Å². The second-order valence-electron chi connectivity index (χ2n) is 3.72. The molecular formula is C13H14BrN3S. The summed E-state index contributed by atoms with van der Waals surface area (Å²) >= 11 is 5.07. The van der Waals surface area contributed by atoms with Crippen LogP contribution in [0.3, 0.4) is 0 Å². The third-order valence-corrected chi connectivity index (χ3v) is 3.66. The van der Waals surface area contributed by atoms with E-state index in [1.807, 2.05) is 25.1 Å². The van der Waals surface area contributed by atoms with Gasteiger partial charge < -0.3 is 5.32 Å². The first-order valence-corrected chi connectivity index (χ1v) is 7.31. The lowest BCUT2D eigenvalue weighted by Gasteiger charge is -2.06. The van der Waals surface area contributed by atoms with Crippen LogP contribution in [0.15, 0.2) is 44.7 Å². The lowest BCUT2D eigenvalue weighted by molar-refractivity contribution is 0.960. The van der Waals surface area contributed by atoms with Gasteiger partial charge in [-0.15, -0.1) is 0 Å². The van der Waals surface area contributed by atoms with E-state index in [2.05, 4.69) is 50.3 Å². The molecule has 0 atom stereocenters. The van der Waals surface area contributed by atoms with Gasteiger partial charge in [-0.25, -0.2) is 9.97 Å². The van der Waals surface area contributed by atoms with Crippen LogP contribution in [0.4, 0.5) is 5.82 Å². The maximum atomic E-state index is 4.43. The molecule has 18 heavy (non-hydrogen) atoms. The van der Waals surface area contributed by atoms with Gasteiger partial charge in [-0.1, -0.05) is 27.7 Å². The quantitative estimate of drug-likeness (QED) is 0.858. The summed E-state index contributed by atoms with van der Waals surface area (Å²) in [5, 5.41) is 4.17. The zero-order valence-electron chi connectivity index (χ0n) is 10.3. The smallest absolute Gasteiger partial charge is 0.130 e. The highest BCUT2D eigenvalue weighted by molar-refractivity contribution is 9.10. The van der Waals surface area contributed by atoms with Crippen molar-refractivity contribution < 1.29 is 0 Å². The fraction of sp³-hybridized carbons (Fsp3) is 0.231. The molecule has 1 heterocycles. The minimum Gasteiger partial charge on any atom is -0.370 e. The molecular weight excluding hydrogens is 310 g/mol. The van der Waals surface area contributed by atoms with Crippen LogP contribution in [0.5, 0.6) is 0 Å². The highest BCUT2D eigenvalue weighted by atomic mass is 79.9. The lowest BCUT2D eigenvalue weighted by Crippen LogP contribution is -2.02. The Labute approximate surface area is 120 Å². The maximum Gasteiger partial charge on any atom is 0.130 e. The number of benzene rings is 1. The van der Waals surface area contributed by atoms with E-state index in [1.54, 1.807) is 11.8 Å². The SMILES string of the molecule is CCNc1cc(Sc2ccc(Br)cc2)nc(C)n1. The van der Waals surface area contributed by atoms with Gasteiger partial charge in [-0.05, 0) is 38.1 Å². The van der Waals surface area contributed by atoms with Crippen molar-refractivity contribution in [2.24, 2.45) is 0 Å². The third-order valence-electron chi connectivity index (χ3n) is 2.21. The van der Waals surface area contributed by atoms with Gasteiger partial charge in [-0.2, -0.15) is 0 Å². The molecule has 94 valence electrons. The van der Waals surface area contributed by atoms with Crippen molar-refractivity contribution in [1.29, 1.82) is 0 Å². The Hall–Kier alpha value is -1.07. The summed E-state index contributed by atoms with van der Waals surface area (Å²) in [4.78, 5) is 9.94. The summed E-state index contributed by atoms with van der Waals surface area (Å²) in [6, 6.07) is 10.2. The monoisotopic (exact) mass is 323 g/mol. The van der Waals surface area contributed by atoms with Crippen molar-refractivity contribution in [2.75, 3.05) is 11.9 Å². The number of nitrogens with one attached hydrogen (secondary N) is 1. The molecule has 0 unspecified atom stereocenters. The molecule has 5 heteroatoms. The molecule has 0 saturated heterocycles. The number of hydrogen-bond acceptors (Lipinski definition) is 4. The molecule has 2 aromatic rings. The molecule has 2 rings (SSSR count). The first kappa shape index (κ1) is 13.4. The molecule has 0 bridgehead atoms. The number of aryl methyl sites for hydroxylation is 1. The number of rotatable bonds is 4. The molecule has 1 N–H and O–H groups in total. The highest BCUT2D eigenvalue weighted by Crippen LogP contribution is 2.28. The molecule has 1 aromatic heterocycles. The van der Waals surface area contributed by atoms with Crippen LogP contribution in [0.25, 0.3) is 0 Å². The first-order chi connectivity index (χ1) is 8.67. The summed E-state index contributed by atoms with van der Waals surface area (Å²) in [6.45, 7) is 4.82. The standard InChI is InChI=1S/C13H14BrN3S/c1-3-15-12-8-13(17-9(2)16-12)18-11-6-4-10(14)5-7-11/h4-8H,3H2,1-2H3,(H,15,16,17). The van der Waals surface area contributed by atoms with Crippen molar-refractivity contribution in [2.45, 2.75) is 23.8 Å². The van der Waals surface area contributed by atoms with Crippen LogP contribution in [0.2, 0.25) is 0 Å². The van der Waals surface area contributed by atoms with Crippen molar-refractivity contribution in [3.8, 4) is 0 Å². The molecule has 0 aliphatic rings. The number of halogens is 1. The summed E-state index contributed by atoms with van der Waals surface area (Å²) in [5.74, 6) is 1.66. The molecule has 0 radical (unpaired) electrons. The fourth-order valence-electron chi connectivity index (χ4n) is 1.49. The summed E-state index contributed by atoms with van der Waals surface area (Å²) in [7, 11) is 0. The van der Waals surface area contributed by atoms with Crippen molar-refractivity contribution in [1.82, 2.24) is 9.97 Å². The van der Waals surface area contributed by atoms with Crippen LogP contribution >= 0.6 is 27.7 Å². The summed E-state index contributed by atoms with van der Waals surface area (Å²) in [5.41, 5.74) is 0. The van der Waals surface area contributed by atoms with Gasteiger partial charge in [0.25, 0.3) is 0 Å². The number of nitrogens with zero attached hydrogens (tertiary/aromatic N) is 2. The molecule has 0 fully saturated rings. The average molecular weight is 324 g/mol. The molecule has 0 amide bonds. The molecule has 0 aliphatic heterocycles. The van der Waals surface area contributed by atoms with Gasteiger partial charge in [0.2, 0.25) is 0 Å². The lowest BCUT2D eigenvalue weighted by atomic mass is 10.4. The van der Waals surface area contributed by atoms with Gasteiger partial charge in [0.15, 0.2) is 0 Å². The van der Waals surface area contributed by atoms with E-state index in [1.165, 1.54) is 4.90 Å². The maximum absolute atomic E-state index is 4.43. The molecule has 1 aromatic carbocycles. The van der Waals surface area contributed by atoms with E-state index in [0.717, 1.165) is 27.7 Å². The Kier molecular flexibility index (Phi) is 4.60. The van der Waals surface area contributed by atoms with Crippen molar-refractivity contribution in [3.05, 3.63) is 40.6 Å². The second kappa shape index (κ2) is 6.20. The summed E-state index contributed by atoms with van der Waals surface area (Å²) < 4.78 is 1.08. The fourth-order valence-corrected chi connectivity index (χ4v) is 2.61. The largest absolute Gasteiger partial charge is 0.370 e.